The zero-order chi connectivity index (χ0) is 39.8. The van der Waals surface area contributed by atoms with Crippen molar-refractivity contribution < 1.29 is 0 Å². The SMILES string of the molecule is C/C(=C\C=C(/N)n1c2cc(-c3cc(-c4ccccc4)cc(-c4ccccc4)c3)ccc2c2c3ccccc3ccc21)Cc1ccccc1.N/N=C(\N)c1ccccc1. The molecular formula is C53H45N5. The molecule has 0 saturated heterocycles. The van der Waals surface area contributed by atoms with E-state index in [9.17, 15) is 0 Å². The van der Waals surface area contributed by atoms with Crippen molar-refractivity contribution in [2.45, 2.75) is 13.3 Å². The zero-order valence-corrected chi connectivity index (χ0v) is 32.5. The standard InChI is InChI=1S/C46H36N2.C7H9N3/c1-32(27-33-13-5-2-6-14-33)21-26-45(47)48-43-25-23-36-19-11-12-20-41(36)46(43)42-24-22-37(31-44(42)48)40-29-38(34-15-7-3-8-16-34)28-39(30-40)35-17-9-4-10-18-35;8-7(10-9)6-4-2-1-3-5-6/h2-26,28-31H,27,47H2,1H3;1-5H,9H2,(H2,8,10)/b32-21+,45-26+;. The van der Waals surface area contributed by atoms with Crippen LogP contribution < -0.4 is 17.3 Å². The molecule has 0 aliphatic carbocycles. The lowest BCUT2D eigenvalue weighted by atomic mass is 9.93. The molecule has 0 radical (unpaired) electrons. The summed E-state index contributed by atoms with van der Waals surface area (Å²) >= 11 is 0. The van der Waals surface area contributed by atoms with Crippen molar-refractivity contribution in [1.29, 1.82) is 0 Å². The van der Waals surface area contributed by atoms with Gasteiger partial charge in [-0.2, -0.15) is 5.10 Å². The van der Waals surface area contributed by atoms with Crippen molar-refractivity contribution >= 4 is 44.2 Å². The van der Waals surface area contributed by atoms with Crippen LogP contribution in [0, 0.1) is 0 Å². The van der Waals surface area contributed by atoms with E-state index in [1.54, 1.807) is 0 Å². The summed E-state index contributed by atoms with van der Waals surface area (Å²) in [5, 5.41) is 8.21. The minimum absolute atomic E-state index is 0.362. The van der Waals surface area contributed by atoms with Gasteiger partial charge in [-0.15, -0.1) is 0 Å². The Morgan fingerprint density at radius 1 is 0.500 bits per heavy atom. The maximum Gasteiger partial charge on any atom is 0.150 e. The maximum atomic E-state index is 7.03. The molecule has 0 atom stereocenters. The Kier molecular flexibility index (Phi) is 10.9. The van der Waals surface area contributed by atoms with Crippen LogP contribution >= 0.6 is 0 Å². The summed E-state index contributed by atoms with van der Waals surface area (Å²) in [6, 6.07) is 68.0. The van der Waals surface area contributed by atoms with Crippen LogP contribution in [0.3, 0.4) is 0 Å². The third-order valence-electron chi connectivity index (χ3n) is 10.5. The van der Waals surface area contributed by atoms with Gasteiger partial charge >= 0.3 is 0 Å². The summed E-state index contributed by atoms with van der Waals surface area (Å²) < 4.78 is 2.23. The molecule has 0 fully saturated rings. The second-order valence-corrected chi connectivity index (χ2v) is 14.4. The molecule has 58 heavy (non-hydrogen) atoms. The van der Waals surface area contributed by atoms with Crippen molar-refractivity contribution in [3.8, 4) is 33.4 Å². The van der Waals surface area contributed by atoms with Crippen molar-refractivity contribution in [2.75, 3.05) is 0 Å². The summed E-state index contributed by atoms with van der Waals surface area (Å²) in [5.41, 5.74) is 25.1. The van der Waals surface area contributed by atoms with Crippen LogP contribution in [0.4, 0.5) is 0 Å². The molecule has 0 saturated carbocycles. The minimum Gasteiger partial charge on any atom is -0.385 e. The number of nitrogens with two attached hydrogens (primary N) is 3. The first-order chi connectivity index (χ1) is 28.5. The fraction of sp³-hybridized carbons (Fsp3) is 0.0377. The van der Waals surface area contributed by atoms with E-state index in [0.717, 1.165) is 28.6 Å². The molecule has 5 heteroatoms. The lowest BCUT2D eigenvalue weighted by molar-refractivity contribution is 1.14. The molecule has 0 bridgehead atoms. The van der Waals surface area contributed by atoms with Crippen molar-refractivity contribution in [2.24, 2.45) is 22.4 Å². The average Bonchev–Trinajstić information content (AvgIpc) is 3.63. The van der Waals surface area contributed by atoms with Gasteiger partial charge in [0, 0.05) is 16.3 Å². The highest BCUT2D eigenvalue weighted by molar-refractivity contribution is 6.22. The predicted molar refractivity (Wildman–Crippen MR) is 247 cm³/mol. The molecule has 1 heterocycles. The van der Waals surface area contributed by atoms with Crippen LogP contribution in [0.5, 0.6) is 0 Å². The van der Waals surface area contributed by atoms with Gasteiger partial charge in [0.15, 0.2) is 0 Å². The normalized spacial score (nSPS) is 12.1. The molecule has 0 unspecified atom stereocenters. The second-order valence-electron chi connectivity index (χ2n) is 14.4. The predicted octanol–water partition coefficient (Wildman–Crippen LogP) is 12.2. The molecule has 282 valence electrons. The van der Waals surface area contributed by atoms with Crippen molar-refractivity contribution in [3.05, 3.63) is 223 Å². The summed E-state index contributed by atoms with van der Waals surface area (Å²) in [6.07, 6.45) is 5.09. The summed E-state index contributed by atoms with van der Waals surface area (Å²) in [6.45, 7) is 2.16. The minimum atomic E-state index is 0.362. The monoisotopic (exact) mass is 751 g/mol. The number of hydrogen-bond acceptors (Lipinski definition) is 3. The molecule has 8 aromatic carbocycles. The number of benzene rings is 8. The first-order valence-corrected chi connectivity index (χ1v) is 19.4. The first-order valence-electron chi connectivity index (χ1n) is 19.4. The first kappa shape index (κ1) is 37.3. The summed E-state index contributed by atoms with van der Waals surface area (Å²) in [4.78, 5) is 0. The number of hydrazone groups is 1. The Balaban J connectivity index is 0.000000412. The second kappa shape index (κ2) is 17.0. The van der Waals surface area contributed by atoms with Crippen LogP contribution in [0.2, 0.25) is 0 Å². The summed E-state index contributed by atoms with van der Waals surface area (Å²) in [7, 11) is 0. The number of nitrogens with zero attached hydrogens (tertiary/aromatic N) is 2. The van der Waals surface area contributed by atoms with Gasteiger partial charge in [0.2, 0.25) is 0 Å². The van der Waals surface area contributed by atoms with Gasteiger partial charge in [0.25, 0.3) is 0 Å². The highest BCUT2D eigenvalue weighted by Crippen LogP contribution is 2.39. The number of aromatic nitrogens is 1. The van der Waals surface area contributed by atoms with Crippen LogP contribution in [-0.4, -0.2) is 10.4 Å². The molecule has 0 amide bonds. The zero-order valence-electron chi connectivity index (χ0n) is 32.5. The molecule has 0 aliphatic rings. The van der Waals surface area contributed by atoms with Crippen LogP contribution in [-0.2, 0) is 6.42 Å². The van der Waals surface area contributed by atoms with E-state index < -0.39 is 0 Å². The van der Waals surface area contributed by atoms with E-state index in [0.29, 0.717) is 11.7 Å². The van der Waals surface area contributed by atoms with Crippen LogP contribution in [0.15, 0.2) is 217 Å². The third kappa shape index (κ3) is 8.01. The van der Waals surface area contributed by atoms with E-state index in [1.165, 1.54) is 60.5 Å². The Morgan fingerprint density at radius 3 is 1.67 bits per heavy atom. The van der Waals surface area contributed by atoms with E-state index in [4.69, 9.17) is 17.3 Å². The van der Waals surface area contributed by atoms with E-state index in [1.807, 2.05) is 30.3 Å². The van der Waals surface area contributed by atoms with Gasteiger partial charge < -0.3 is 17.3 Å². The molecule has 0 aliphatic heterocycles. The largest absolute Gasteiger partial charge is 0.385 e. The average molecular weight is 752 g/mol. The van der Waals surface area contributed by atoms with Crippen molar-refractivity contribution in [3.63, 3.8) is 0 Å². The fourth-order valence-electron chi connectivity index (χ4n) is 7.60. The lowest BCUT2D eigenvalue weighted by Gasteiger charge is -2.12. The third-order valence-corrected chi connectivity index (χ3v) is 10.5. The highest BCUT2D eigenvalue weighted by atomic mass is 15.2. The quantitative estimate of drug-likeness (QED) is 0.0474. The van der Waals surface area contributed by atoms with Gasteiger partial charge in [0.05, 0.1) is 11.0 Å². The van der Waals surface area contributed by atoms with Gasteiger partial charge in [-0.05, 0) is 99.5 Å². The molecule has 5 nitrogen and oxygen atoms in total. The smallest absolute Gasteiger partial charge is 0.150 e. The van der Waals surface area contributed by atoms with Gasteiger partial charge in [0.1, 0.15) is 11.7 Å². The van der Waals surface area contributed by atoms with Crippen molar-refractivity contribution in [1.82, 2.24) is 4.57 Å². The fourth-order valence-corrected chi connectivity index (χ4v) is 7.60. The molecule has 0 spiro atoms. The Labute approximate surface area is 339 Å². The topological polar surface area (TPSA) is 95.3 Å². The van der Waals surface area contributed by atoms with Crippen LogP contribution in [0.1, 0.15) is 18.1 Å². The summed E-state index contributed by atoms with van der Waals surface area (Å²) in [5.74, 6) is 6.02. The number of fused-ring (bicyclic) bond motifs is 5. The molecule has 9 aromatic rings. The van der Waals surface area contributed by atoms with Crippen LogP contribution in [0.25, 0.3) is 71.8 Å². The Bertz CT molecular complexity index is 2870. The van der Waals surface area contributed by atoms with E-state index in [2.05, 4.69) is 193 Å². The molecule has 6 N–H and O–H groups in total. The number of rotatable bonds is 8. The van der Waals surface area contributed by atoms with Gasteiger partial charge in [-0.25, -0.2) is 0 Å². The van der Waals surface area contributed by atoms with Gasteiger partial charge in [-0.1, -0.05) is 175 Å². The number of allylic oxidation sites excluding steroid dienone is 3. The van der Waals surface area contributed by atoms with E-state index in [-0.39, 0.29) is 0 Å². The Hall–Kier alpha value is -7.63. The molecule has 9 rings (SSSR count). The maximum absolute atomic E-state index is 7.03. The Morgan fingerprint density at radius 2 is 1.05 bits per heavy atom. The van der Waals surface area contributed by atoms with E-state index >= 15 is 0 Å². The van der Waals surface area contributed by atoms with Gasteiger partial charge in [-0.3, -0.25) is 4.57 Å². The lowest BCUT2D eigenvalue weighted by Crippen LogP contribution is -2.14. The number of hydrogen-bond donors (Lipinski definition) is 3. The molecule has 1 aromatic heterocycles. The highest BCUT2D eigenvalue weighted by Gasteiger charge is 2.17. The molecular weight excluding hydrogens is 707 g/mol. The number of amidine groups is 1.